The van der Waals surface area contributed by atoms with Gasteiger partial charge in [-0.25, -0.2) is 4.39 Å². The molecule has 6 nitrogen and oxygen atoms in total. The molecule has 0 radical (unpaired) electrons. The van der Waals surface area contributed by atoms with E-state index in [9.17, 15) is 19.3 Å². The number of nitrogens with zero attached hydrogens (tertiary/aromatic N) is 1. The van der Waals surface area contributed by atoms with Crippen LogP contribution in [0.1, 0.15) is 23.7 Å². The first kappa shape index (κ1) is 15.0. The Bertz CT molecular complexity index is 479. The minimum Gasteiger partial charge on any atom is -0.396 e. The van der Waals surface area contributed by atoms with Crippen LogP contribution in [-0.4, -0.2) is 29.1 Å². The van der Waals surface area contributed by atoms with Crippen LogP contribution < -0.4 is 5.32 Å². The zero-order valence-corrected chi connectivity index (χ0v) is 10.4. The second-order valence-corrected chi connectivity index (χ2v) is 4.25. The summed E-state index contributed by atoms with van der Waals surface area (Å²) in [6, 6.07) is 2.88. The summed E-state index contributed by atoms with van der Waals surface area (Å²) in [7, 11) is 0. The number of carbonyl (C=O) groups excluding carboxylic acids is 1. The van der Waals surface area contributed by atoms with E-state index in [1.165, 1.54) is 0 Å². The number of hydrogen-bond acceptors (Lipinski definition) is 4. The van der Waals surface area contributed by atoms with Crippen LogP contribution in [-0.2, 0) is 0 Å². The lowest BCUT2D eigenvalue weighted by Crippen LogP contribution is -2.29. The van der Waals surface area contributed by atoms with Crippen molar-refractivity contribution in [1.82, 2.24) is 5.32 Å². The van der Waals surface area contributed by atoms with Crippen molar-refractivity contribution in [2.45, 2.75) is 13.3 Å². The van der Waals surface area contributed by atoms with Gasteiger partial charge < -0.3 is 10.4 Å². The Hall–Kier alpha value is -2.02. The molecular weight excluding hydrogens is 255 g/mol. The van der Waals surface area contributed by atoms with Gasteiger partial charge in [-0.15, -0.1) is 0 Å². The van der Waals surface area contributed by atoms with Crippen molar-refractivity contribution in [3.05, 3.63) is 39.7 Å². The van der Waals surface area contributed by atoms with Crippen LogP contribution in [0, 0.1) is 21.8 Å². The summed E-state index contributed by atoms with van der Waals surface area (Å²) >= 11 is 0. The standard InChI is InChI=1S/C12H15FN2O4/c1-8(4-5-16)7-14-12(17)10-3-2-9(15(18)19)6-11(10)13/h2-3,6,8,16H,4-5,7H2,1H3,(H,14,17). The van der Waals surface area contributed by atoms with Gasteiger partial charge in [-0.05, 0) is 18.4 Å². The molecule has 1 rings (SSSR count). The molecule has 1 unspecified atom stereocenters. The minimum absolute atomic E-state index is 0.0168. The Labute approximate surface area is 109 Å². The average Bonchev–Trinajstić information content (AvgIpc) is 2.36. The Balaban J connectivity index is 2.70. The van der Waals surface area contributed by atoms with Gasteiger partial charge in [-0.3, -0.25) is 14.9 Å². The van der Waals surface area contributed by atoms with Crippen LogP contribution in [0.4, 0.5) is 10.1 Å². The van der Waals surface area contributed by atoms with Crippen molar-refractivity contribution in [2.75, 3.05) is 13.2 Å². The number of hydrogen-bond donors (Lipinski definition) is 2. The van der Waals surface area contributed by atoms with Gasteiger partial charge >= 0.3 is 0 Å². The summed E-state index contributed by atoms with van der Waals surface area (Å²) in [6.45, 7) is 2.15. The molecule has 0 saturated carbocycles. The molecule has 19 heavy (non-hydrogen) atoms. The molecule has 0 aliphatic rings. The first-order valence-corrected chi connectivity index (χ1v) is 5.78. The summed E-state index contributed by atoms with van der Waals surface area (Å²) in [6.07, 6.45) is 0.531. The van der Waals surface area contributed by atoms with Crippen LogP contribution in [0.15, 0.2) is 18.2 Å². The Morgan fingerprint density at radius 1 is 1.58 bits per heavy atom. The lowest BCUT2D eigenvalue weighted by Gasteiger charge is -2.11. The highest BCUT2D eigenvalue weighted by Crippen LogP contribution is 2.16. The number of benzene rings is 1. The molecule has 7 heteroatoms. The number of aliphatic hydroxyl groups is 1. The number of amides is 1. The smallest absolute Gasteiger partial charge is 0.272 e. The lowest BCUT2D eigenvalue weighted by molar-refractivity contribution is -0.385. The summed E-state index contributed by atoms with van der Waals surface area (Å²) in [5.74, 6) is -1.49. The van der Waals surface area contributed by atoms with Gasteiger partial charge in [0.15, 0.2) is 0 Å². The number of aliphatic hydroxyl groups excluding tert-OH is 1. The Morgan fingerprint density at radius 2 is 2.26 bits per heavy atom. The summed E-state index contributed by atoms with van der Waals surface area (Å²) in [4.78, 5) is 21.4. The zero-order chi connectivity index (χ0) is 14.4. The van der Waals surface area contributed by atoms with Gasteiger partial charge in [0.05, 0.1) is 16.6 Å². The molecule has 0 heterocycles. The highest BCUT2D eigenvalue weighted by molar-refractivity contribution is 5.94. The van der Waals surface area contributed by atoms with Crippen molar-refractivity contribution in [2.24, 2.45) is 5.92 Å². The van der Waals surface area contributed by atoms with E-state index >= 15 is 0 Å². The van der Waals surface area contributed by atoms with Gasteiger partial charge in [-0.1, -0.05) is 6.92 Å². The summed E-state index contributed by atoms with van der Waals surface area (Å²) in [5.41, 5.74) is -0.635. The zero-order valence-electron chi connectivity index (χ0n) is 10.4. The van der Waals surface area contributed by atoms with Crippen molar-refractivity contribution in [1.29, 1.82) is 0 Å². The topological polar surface area (TPSA) is 92.5 Å². The maximum atomic E-state index is 13.5. The number of nitro benzene ring substituents is 1. The first-order chi connectivity index (χ1) is 8.95. The number of nitro groups is 1. The van der Waals surface area contributed by atoms with E-state index in [2.05, 4.69) is 5.32 Å². The van der Waals surface area contributed by atoms with Crippen LogP contribution in [0.25, 0.3) is 0 Å². The van der Waals surface area contributed by atoms with Gasteiger partial charge in [-0.2, -0.15) is 0 Å². The fraction of sp³-hybridized carbons (Fsp3) is 0.417. The number of carbonyl (C=O) groups is 1. The molecule has 104 valence electrons. The fourth-order valence-electron chi connectivity index (χ4n) is 1.49. The molecule has 0 aliphatic heterocycles. The lowest BCUT2D eigenvalue weighted by atomic mass is 10.1. The third-order valence-corrected chi connectivity index (χ3v) is 2.64. The molecule has 0 bridgehead atoms. The van der Waals surface area contributed by atoms with Crippen LogP contribution >= 0.6 is 0 Å². The Kier molecular flexibility index (Phi) is 5.37. The van der Waals surface area contributed by atoms with Gasteiger partial charge in [0.2, 0.25) is 0 Å². The van der Waals surface area contributed by atoms with Gasteiger partial charge in [0.25, 0.3) is 11.6 Å². The molecule has 2 N–H and O–H groups in total. The first-order valence-electron chi connectivity index (χ1n) is 5.78. The normalized spacial score (nSPS) is 11.9. The molecule has 0 spiro atoms. The molecule has 0 aliphatic carbocycles. The monoisotopic (exact) mass is 270 g/mol. The van der Waals surface area contributed by atoms with E-state index in [4.69, 9.17) is 5.11 Å². The largest absolute Gasteiger partial charge is 0.396 e. The van der Waals surface area contributed by atoms with Gasteiger partial charge in [0, 0.05) is 19.2 Å². The molecule has 1 amide bonds. The van der Waals surface area contributed by atoms with Crippen molar-refractivity contribution in [3.8, 4) is 0 Å². The van der Waals surface area contributed by atoms with E-state index in [0.29, 0.717) is 19.0 Å². The molecule has 0 aromatic heterocycles. The van der Waals surface area contributed by atoms with E-state index in [-0.39, 0.29) is 18.1 Å². The second kappa shape index (κ2) is 6.79. The minimum atomic E-state index is -0.929. The second-order valence-electron chi connectivity index (χ2n) is 4.25. The van der Waals surface area contributed by atoms with Crippen molar-refractivity contribution >= 4 is 11.6 Å². The quantitative estimate of drug-likeness (QED) is 0.605. The number of nitrogens with one attached hydrogen (secondary N) is 1. The van der Waals surface area contributed by atoms with Crippen LogP contribution in [0.5, 0.6) is 0 Å². The third-order valence-electron chi connectivity index (χ3n) is 2.64. The molecule has 0 saturated heterocycles. The van der Waals surface area contributed by atoms with Crippen LogP contribution in [0.2, 0.25) is 0 Å². The SMILES string of the molecule is CC(CCO)CNC(=O)c1ccc([N+](=O)[O-])cc1F. The molecule has 0 fully saturated rings. The van der Waals surface area contributed by atoms with E-state index in [1.807, 2.05) is 6.92 Å². The maximum Gasteiger partial charge on any atom is 0.272 e. The third kappa shape index (κ3) is 4.29. The molecule has 1 atom stereocenters. The predicted molar refractivity (Wildman–Crippen MR) is 66.3 cm³/mol. The highest BCUT2D eigenvalue weighted by Gasteiger charge is 2.16. The number of halogens is 1. The molecular formula is C12H15FN2O4. The summed E-state index contributed by atoms with van der Waals surface area (Å²) < 4.78 is 13.5. The number of non-ortho nitro benzene ring substituents is 1. The Morgan fingerprint density at radius 3 is 2.79 bits per heavy atom. The van der Waals surface area contributed by atoms with Gasteiger partial charge in [0.1, 0.15) is 5.82 Å². The van der Waals surface area contributed by atoms with E-state index in [0.717, 1.165) is 12.1 Å². The molecule has 1 aromatic rings. The van der Waals surface area contributed by atoms with Crippen molar-refractivity contribution in [3.63, 3.8) is 0 Å². The fourth-order valence-corrected chi connectivity index (χ4v) is 1.49. The highest BCUT2D eigenvalue weighted by atomic mass is 19.1. The summed E-state index contributed by atoms with van der Waals surface area (Å²) in [5, 5.41) is 21.7. The van der Waals surface area contributed by atoms with Crippen molar-refractivity contribution < 1.29 is 19.2 Å². The maximum absolute atomic E-state index is 13.5. The average molecular weight is 270 g/mol. The number of rotatable bonds is 6. The molecule has 1 aromatic carbocycles. The van der Waals surface area contributed by atoms with E-state index in [1.54, 1.807) is 0 Å². The predicted octanol–water partition coefficient (Wildman–Crippen LogP) is 1.48. The van der Waals surface area contributed by atoms with E-state index < -0.39 is 22.3 Å². The van der Waals surface area contributed by atoms with Crippen LogP contribution in [0.3, 0.4) is 0 Å².